The number of unbranched alkanes of at least 4 members (excludes halogenated alkanes) is 34. The number of hydrogen-bond acceptors (Lipinski definition) is 7. The molecule has 0 saturated heterocycles. The van der Waals surface area contributed by atoms with Crippen molar-refractivity contribution >= 4 is 19.7 Å². The van der Waals surface area contributed by atoms with Gasteiger partial charge in [0.1, 0.15) is 19.3 Å². The number of quaternary nitrogens is 1. The second-order valence-electron chi connectivity index (χ2n) is 22.9. The van der Waals surface area contributed by atoms with E-state index in [1.807, 2.05) is 33.3 Å². The highest BCUT2D eigenvalue weighted by atomic mass is 31.2. The predicted molar refractivity (Wildman–Crippen MR) is 325 cm³/mol. The highest BCUT2D eigenvalue weighted by molar-refractivity contribution is 7.45. The molecule has 0 fully saturated rings. The Balaban J connectivity index is 5.27. The third kappa shape index (κ3) is 56.4. The number of phosphoric ester groups is 1. The summed E-state index contributed by atoms with van der Waals surface area (Å²) >= 11 is 0. The van der Waals surface area contributed by atoms with Gasteiger partial charge in [0.05, 0.1) is 33.8 Å². The Labute approximate surface area is 471 Å². The number of carbonyl (C=O) groups is 2. The van der Waals surface area contributed by atoms with Crippen LogP contribution in [0.4, 0.5) is 0 Å². The third-order valence-electron chi connectivity index (χ3n) is 14.2. The van der Waals surface area contributed by atoms with Crippen LogP contribution in [0.15, 0.2) is 60.8 Å². The van der Waals surface area contributed by atoms with Crippen LogP contribution < -0.4 is 10.2 Å². The Morgan fingerprint density at radius 3 is 1.24 bits per heavy atom. The van der Waals surface area contributed by atoms with Crippen LogP contribution in [-0.2, 0) is 27.9 Å². The van der Waals surface area contributed by atoms with Crippen LogP contribution in [0, 0.1) is 0 Å². The summed E-state index contributed by atoms with van der Waals surface area (Å²) < 4.78 is 30.3. The molecule has 0 saturated carbocycles. The van der Waals surface area contributed by atoms with Gasteiger partial charge < -0.3 is 28.5 Å². The number of ether oxygens (including phenoxy) is 1. The molecular formula is C66H123N2O7P. The van der Waals surface area contributed by atoms with E-state index in [2.05, 4.69) is 74.7 Å². The van der Waals surface area contributed by atoms with Gasteiger partial charge in [-0.15, -0.1) is 0 Å². The van der Waals surface area contributed by atoms with Crippen LogP contribution in [-0.4, -0.2) is 69.4 Å². The van der Waals surface area contributed by atoms with E-state index in [1.165, 1.54) is 161 Å². The molecule has 9 nitrogen and oxygen atoms in total. The molecule has 444 valence electrons. The zero-order chi connectivity index (χ0) is 55.7. The highest BCUT2D eigenvalue weighted by Crippen LogP contribution is 2.38. The van der Waals surface area contributed by atoms with Crippen molar-refractivity contribution in [2.24, 2.45) is 0 Å². The maximum atomic E-state index is 13.5. The largest absolute Gasteiger partial charge is 0.756 e. The molecule has 0 radical (unpaired) electrons. The quantitative estimate of drug-likeness (QED) is 0.0212. The number of nitrogens with one attached hydrogen (secondary N) is 1. The Bertz CT molecular complexity index is 1490. The molecule has 0 rings (SSSR count). The number of likely N-dealkylation sites (N-methyl/N-ethyl adjacent to an activating group) is 1. The SMILES string of the molecule is CCCCC/C=C\C/C=C\C/C=C\CCCCCCCCCCC(=O)OC(/C=C/CCCCCCCCCCCCC)C(COP(=O)([O-])OCC[N+](C)(C)C)NC(=O)CCCCCCC/C=C/CCCCCCCCC. The zero-order valence-corrected chi connectivity index (χ0v) is 51.6. The second kappa shape index (κ2) is 56.0. The summed E-state index contributed by atoms with van der Waals surface area (Å²) in [4.78, 5) is 40.0. The highest BCUT2D eigenvalue weighted by Gasteiger charge is 2.27. The fourth-order valence-corrected chi connectivity index (χ4v) is 9.89. The monoisotopic (exact) mass is 1090 g/mol. The number of allylic oxidation sites excluding steroid dienone is 9. The van der Waals surface area contributed by atoms with Crippen LogP contribution in [0.1, 0.15) is 297 Å². The fraction of sp³-hybridized carbons (Fsp3) is 0.818. The summed E-state index contributed by atoms with van der Waals surface area (Å²) in [5.41, 5.74) is 0. The number of esters is 1. The minimum absolute atomic E-state index is 0.0258. The normalized spacial score (nSPS) is 14.0. The Morgan fingerprint density at radius 2 is 0.803 bits per heavy atom. The predicted octanol–water partition coefficient (Wildman–Crippen LogP) is 19.2. The lowest BCUT2D eigenvalue weighted by Gasteiger charge is -2.30. The number of phosphoric acid groups is 1. The molecule has 3 unspecified atom stereocenters. The smallest absolute Gasteiger partial charge is 0.306 e. The molecule has 0 heterocycles. The minimum Gasteiger partial charge on any atom is -0.756 e. The third-order valence-corrected chi connectivity index (χ3v) is 15.1. The maximum Gasteiger partial charge on any atom is 0.306 e. The molecule has 0 bridgehead atoms. The molecule has 0 aromatic rings. The first kappa shape index (κ1) is 73.7. The van der Waals surface area contributed by atoms with Gasteiger partial charge in [-0.2, -0.15) is 0 Å². The van der Waals surface area contributed by atoms with Crippen molar-refractivity contribution in [3.05, 3.63) is 60.8 Å². The van der Waals surface area contributed by atoms with Gasteiger partial charge in [0.25, 0.3) is 7.82 Å². The lowest BCUT2D eigenvalue weighted by molar-refractivity contribution is -0.870. The van der Waals surface area contributed by atoms with E-state index >= 15 is 0 Å². The minimum atomic E-state index is -4.70. The first-order valence-electron chi connectivity index (χ1n) is 32.1. The summed E-state index contributed by atoms with van der Waals surface area (Å²) in [7, 11) is 1.18. The van der Waals surface area contributed by atoms with Crippen LogP contribution >= 0.6 is 7.82 Å². The molecule has 0 spiro atoms. The van der Waals surface area contributed by atoms with Gasteiger partial charge in [-0.25, -0.2) is 0 Å². The molecule has 1 N–H and O–H groups in total. The van der Waals surface area contributed by atoms with Crippen LogP contribution in [0.25, 0.3) is 0 Å². The van der Waals surface area contributed by atoms with Crippen LogP contribution in [0.3, 0.4) is 0 Å². The van der Waals surface area contributed by atoms with E-state index in [9.17, 15) is 19.0 Å². The van der Waals surface area contributed by atoms with Crippen molar-refractivity contribution < 1.29 is 37.3 Å². The van der Waals surface area contributed by atoms with Crippen molar-refractivity contribution in [3.63, 3.8) is 0 Å². The Hall–Kier alpha value is -2.29. The van der Waals surface area contributed by atoms with Gasteiger partial charge in [-0.1, -0.05) is 249 Å². The second-order valence-corrected chi connectivity index (χ2v) is 24.3. The van der Waals surface area contributed by atoms with Gasteiger partial charge in [0.2, 0.25) is 5.91 Å². The van der Waals surface area contributed by atoms with Gasteiger partial charge in [-0.05, 0) is 96.0 Å². The molecule has 0 aliphatic rings. The standard InChI is InChI=1S/C66H123N2O7P/c1-7-10-13-16-19-22-25-28-30-32-33-34-35-36-38-41-44-47-50-53-56-59-66(70)75-64(57-54-51-48-45-42-39-27-24-21-18-15-12-9-3)63(62-74-76(71,72)73-61-60-68(4,5)6)67-65(69)58-55-52-49-46-43-40-37-31-29-26-23-20-17-14-11-8-2/h19,22,28,30-31,33-34,37,54,57,63-64H,7-18,20-21,23-27,29,32,35-36,38-53,55-56,58-62H2,1-6H3,(H-,67,69,71,72)/b22-19-,30-28-,34-33-,37-31+,57-54+. The van der Waals surface area contributed by atoms with E-state index < -0.39 is 26.6 Å². The lowest BCUT2D eigenvalue weighted by atomic mass is 10.0. The Kier molecular flexibility index (Phi) is 54.3. The summed E-state index contributed by atoms with van der Waals surface area (Å²) in [5.74, 6) is -0.552. The van der Waals surface area contributed by atoms with Crippen molar-refractivity contribution in [2.75, 3.05) is 40.9 Å². The number of carbonyl (C=O) groups excluding carboxylic acids is 2. The van der Waals surface area contributed by atoms with E-state index in [4.69, 9.17) is 13.8 Å². The van der Waals surface area contributed by atoms with Crippen molar-refractivity contribution in [1.29, 1.82) is 0 Å². The van der Waals surface area contributed by atoms with Crippen LogP contribution in [0.2, 0.25) is 0 Å². The molecule has 0 aliphatic carbocycles. The number of nitrogens with zero attached hydrogens (tertiary/aromatic N) is 1. The van der Waals surface area contributed by atoms with E-state index in [1.54, 1.807) is 0 Å². The van der Waals surface area contributed by atoms with E-state index in [0.29, 0.717) is 17.4 Å². The first-order valence-corrected chi connectivity index (χ1v) is 33.6. The summed E-state index contributed by atoms with van der Waals surface area (Å²) in [5, 5.41) is 3.03. The Morgan fingerprint density at radius 1 is 0.461 bits per heavy atom. The van der Waals surface area contributed by atoms with E-state index in [-0.39, 0.29) is 24.9 Å². The fourth-order valence-electron chi connectivity index (χ4n) is 9.17. The molecular weight excluding hydrogens is 964 g/mol. The summed E-state index contributed by atoms with van der Waals surface area (Å²) in [6.07, 6.45) is 70.4. The molecule has 10 heteroatoms. The molecule has 0 aromatic carbocycles. The first-order chi connectivity index (χ1) is 36.9. The molecule has 0 aromatic heterocycles. The summed E-state index contributed by atoms with van der Waals surface area (Å²) in [6.45, 7) is 6.82. The lowest BCUT2D eigenvalue weighted by Crippen LogP contribution is -2.47. The van der Waals surface area contributed by atoms with Crippen molar-refractivity contribution in [1.82, 2.24) is 5.32 Å². The van der Waals surface area contributed by atoms with Gasteiger partial charge >= 0.3 is 5.97 Å². The summed E-state index contributed by atoms with van der Waals surface area (Å²) in [6, 6.07) is -0.896. The van der Waals surface area contributed by atoms with E-state index in [0.717, 1.165) is 103 Å². The number of rotatable bonds is 58. The average molecular weight is 1090 g/mol. The average Bonchev–Trinajstić information content (AvgIpc) is 3.38. The van der Waals surface area contributed by atoms with Gasteiger partial charge in [-0.3, -0.25) is 14.2 Å². The van der Waals surface area contributed by atoms with Gasteiger partial charge in [0.15, 0.2) is 0 Å². The number of hydrogen-bond donors (Lipinski definition) is 1. The molecule has 1 amide bonds. The van der Waals surface area contributed by atoms with Crippen molar-refractivity contribution in [2.45, 2.75) is 309 Å². The molecule has 0 aliphatic heterocycles. The topological polar surface area (TPSA) is 114 Å². The van der Waals surface area contributed by atoms with Gasteiger partial charge in [0, 0.05) is 12.8 Å². The van der Waals surface area contributed by atoms with Crippen LogP contribution in [0.5, 0.6) is 0 Å². The number of amides is 1. The zero-order valence-electron chi connectivity index (χ0n) is 50.7. The molecule has 76 heavy (non-hydrogen) atoms. The maximum absolute atomic E-state index is 13.5. The molecule has 3 atom stereocenters. The van der Waals surface area contributed by atoms with Crippen molar-refractivity contribution in [3.8, 4) is 0 Å².